The third-order valence-corrected chi connectivity index (χ3v) is 4.97. The zero-order chi connectivity index (χ0) is 12.8. The van der Waals surface area contributed by atoms with Crippen LogP contribution in [0.2, 0.25) is 0 Å². The molecule has 1 aromatic rings. The molecule has 1 aromatic carbocycles. The molecule has 1 atom stereocenters. The molecule has 1 saturated carbocycles. The van der Waals surface area contributed by atoms with Crippen LogP contribution in [0, 0.1) is 22.6 Å². The molecule has 94 valence electrons. The van der Waals surface area contributed by atoms with Crippen LogP contribution in [0.3, 0.4) is 0 Å². The highest BCUT2D eigenvalue weighted by Gasteiger charge is 2.66. The van der Waals surface area contributed by atoms with Crippen molar-refractivity contribution in [3.05, 3.63) is 35.6 Å². The maximum absolute atomic E-state index is 13.6. The summed E-state index contributed by atoms with van der Waals surface area (Å²) in [6.07, 6.45) is 0.629. The molecular weight excluding hydrogens is 213 g/mol. The Bertz CT molecular complexity index is 409. The van der Waals surface area contributed by atoms with E-state index in [2.05, 4.69) is 27.7 Å². The summed E-state index contributed by atoms with van der Waals surface area (Å²) in [5.74, 6) is 0.328. The molecule has 0 aliphatic heterocycles. The van der Waals surface area contributed by atoms with E-state index in [0.717, 1.165) is 5.56 Å². The van der Waals surface area contributed by atoms with Gasteiger partial charge in [0, 0.05) is 6.04 Å². The second-order valence-corrected chi connectivity index (χ2v) is 6.38. The topological polar surface area (TPSA) is 26.0 Å². The Morgan fingerprint density at radius 1 is 1.18 bits per heavy atom. The minimum Gasteiger partial charge on any atom is -0.327 e. The van der Waals surface area contributed by atoms with Gasteiger partial charge in [-0.25, -0.2) is 4.39 Å². The van der Waals surface area contributed by atoms with E-state index in [9.17, 15) is 4.39 Å². The molecule has 2 N–H and O–H groups in total. The summed E-state index contributed by atoms with van der Waals surface area (Å²) in [5, 5.41) is 0. The van der Waals surface area contributed by atoms with Gasteiger partial charge in [0.15, 0.2) is 0 Å². The van der Waals surface area contributed by atoms with Gasteiger partial charge in [-0.15, -0.1) is 0 Å². The largest absolute Gasteiger partial charge is 0.327 e. The minimum atomic E-state index is -0.140. The maximum Gasteiger partial charge on any atom is 0.126 e. The van der Waals surface area contributed by atoms with Gasteiger partial charge in [-0.2, -0.15) is 0 Å². The van der Waals surface area contributed by atoms with Gasteiger partial charge in [0.05, 0.1) is 0 Å². The van der Waals surface area contributed by atoms with Crippen LogP contribution >= 0.6 is 0 Å². The van der Waals surface area contributed by atoms with E-state index in [1.54, 1.807) is 6.07 Å². The van der Waals surface area contributed by atoms with Gasteiger partial charge in [-0.1, -0.05) is 45.9 Å². The molecule has 0 spiro atoms. The van der Waals surface area contributed by atoms with Crippen molar-refractivity contribution in [1.82, 2.24) is 0 Å². The lowest BCUT2D eigenvalue weighted by molar-refractivity contribution is 0.457. The zero-order valence-electron chi connectivity index (χ0n) is 11.1. The summed E-state index contributed by atoms with van der Waals surface area (Å²) in [4.78, 5) is 0. The molecule has 0 amide bonds. The minimum absolute atomic E-state index is 0.0388. The lowest BCUT2D eigenvalue weighted by atomic mass is 9.97. The summed E-state index contributed by atoms with van der Waals surface area (Å²) in [6, 6.07) is 6.96. The van der Waals surface area contributed by atoms with E-state index in [1.165, 1.54) is 6.07 Å². The second-order valence-electron chi connectivity index (χ2n) is 6.38. The van der Waals surface area contributed by atoms with Gasteiger partial charge in [0.2, 0.25) is 0 Å². The fraction of sp³-hybridized carbons (Fsp3) is 0.600. The van der Waals surface area contributed by atoms with E-state index < -0.39 is 0 Å². The van der Waals surface area contributed by atoms with Crippen LogP contribution in [0.4, 0.5) is 4.39 Å². The Hall–Kier alpha value is -0.890. The molecule has 1 unspecified atom stereocenters. The van der Waals surface area contributed by atoms with Crippen molar-refractivity contribution in [3.8, 4) is 0 Å². The summed E-state index contributed by atoms with van der Waals surface area (Å²) >= 11 is 0. The highest BCUT2D eigenvalue weighted by molar-refractivity contribution is 5.22. The molecule has 17 heavy (non-hydrogen) atoms. The third kappa shape index (κ3) is 1.89. The van der Waals surface area contributed by atoms with Crippen LogP contribution in [0.25, 0.3) is 0 Å². The van der Waals surface area contributed by atoms with Crippen LogP contribution in [-0.2, 0) is 6.42 Å². The molecule has 2 rings (SSSR count). The Kier molecular flexibility index (Phi) is 2.81. The van der Waals surface area contributed by atoms with Gasteiger partial charge in [-0.05, 0) is 34.8 Å². The Labute approximate surface area is 103 Å². The van der Waals surface area contributed by atoms with Crippen molar-refractivity contribution in [3.63, 3.8) is 0 Å². The molecule has 0 heterocycles. The summed E-state index contributed by atoms with van der Waals surface area (Å²) in [5.41, 5.74) is 7.52. The monoisotopic (exact) mass is 235 g/mol. The highest BCUT2D eigenvalue weighted by atomic mass is 19.1. The zero-order valence-corrected chi connectivity index (χ0v) is 11.1. The Morgan fingerprint density at radius 2 is 1.71 bits per heavy atom. The summed E-state index contributed by atoms with van der Waals surface area (Å²) in [7, 11) is 0. The maximum atomic E-state index is 13.6. The fourth-order valence-electron chi connectivity index (χ4n) is 3.35. The molecular formula is C15H22FN. The first-order valence-electron chi connectivity index (χ1n) is 6.27. The van der Waals surface area contributed by atoms with Crippen molar-refractivity contribution >= 4 is 0 Å². The second kappa shape index (κ2) is 3.81. The molecule has 0 bridgehead atoms. The first kappa shape index (κ1) is 12.6. The number of halogens is 1. The lowest BCUT2D eigenvalue weighted by Crippen LogP contribution is -2.28. The van der Waals surface area contributed by atoms with Gasteiger partial charge in [0.25, 0.3) is 0 Å². The van der Waals surface area contributed by atoms with E-state index in [0.29, 0.717) is 12.3 Å². The predicted octanol–water partition coefficient (Wildman–Crippen LogP) is 3.38. The number of hydrogen-bond acceptors (Lipinski definition) is 1. The Morgan fingerprint density at radius 3 is 2.18 bits per heavy atom. The fourth-order valence-corrected chi connectivity index (χ4v) is 3.35. The molecule has 1 fully saturated rings. The molecule has 0 saturated heterocycles. The molecule has 1 aliphatic carbocycles. The molecule has 1 nitrogen and oxygen atoms in total. The normalized spacial score (nSPS) is 23.4. The van der Waals surface area contributed by atoms with Crippen LogP contribution in [0.1, 0.15) is 33.3 Å². The average Bonchev–Trinajstić information content (AvgIpc) is 2.61. The van der Waals surface area contributed by atoms with Crippen LogP contribution in [-0.4, -0.2) is 6.04 Å². The molecule has 2 heteroatoms. The Balaban J connectivity index is 2.10. The van der Waals surface area contributed by atoms with E-state index in [-0.39, 0.29) is 22.7 Å². The third-order valence-electron chi connectivity index (χ3n) is 4.97. The van der Waals surface area contributed by atoms with Crippen LogP contribution in [0.5, 0.6) is 0 Å². The van der Waals surface area contributed by atoms with Crippen molar-refractivity contribution in [2.75, 3.05) is 0 Å². The van der Waals surface area contributed by atoms with Crippen molar-refractivity contribution in [2.45, 2.75) is 40.2 Å². The molecule has 0 radical (unpaired) electrons. The highest BCUT2D eigenvalue weighted by Crippen LogP contribution is 2.69. The van der Waals surface area contributed by atoms with E-state index in [4.69, 9.17) is 5.73 Å². The number of benzene rings is 1. The molecule has 0 aromatic heterocycles. The van der Waals surface area contributed by atoms with E-state index in [1.807, 2.05) is 12.1 Å². The molecule has 1 aliphatic rings. The average molecular weight is 235 g/mol. The predicted molar refractivity (Wildman–Crippen MR) is 69.1 cm³/mol. The lowest BCUT2D eigenvalue weighted by Gasteiger charge is -2.14. The number of rotatable bonds is 3. The van der Waals surface area contributed by atoms with Gasteiger partial charge in [-0.3, -0.25) is 0 Å². The smallest absolute Gasteiger partial charge is 0.126 e. The summed E-state index contributed by atoms with van der Waals surface area (Å²) < 4.78 is 13.6. The van der Waals surface area contributed by atoms with Gasteiger partial charge >= 0.3 is 0 Å². The van der Waals surface area contributed by atoms with Gasteiger partial charge in [0.1, 0.15) is 5.82 Å². The first-order valence-corrected chi connectivity index (χ1v) is 6.27. The first-order chi connectivity index (χ1) is 7.78. The van der Waals surface area contributed by atoms with Gasteiger partial charge < -0.3 is 5.73 Å². The number of nitrogens with two attached hydrogens (primary N) is 1. The van der Waals surface area contributed by atoms with Crippen molar-refractivity contribution in [2.24, 2.45) is 22.5 Å². The summed E-state index contributed by atoms with van der Waals surface area (Å²) in [6.45, 7) is 9.00. The van der Waals surface area contributed by atoms with Crippen molar-refractivity contribution in [1.29, 1.82) is 0 Å². The van der Waals surface area contributed by atoms with Crippen LogP contribution in [0.15, 0.2) is 24.3 Å². The van der Waals surface area contributed by atoms with E-state index >= 15 is 0 Å². The standard InChI is InChI=1S/C15H22FN/c1-14(2)13(15(14,3)4)12(17)9-10-7-5-6-8-11(10)16/h5-8,12-13H,9,17H2,1-4H3. The SMILES string of the molecule is CC1(C)C(C(N)Cc2ccccc2F)C1(C)C. The number of hydrogen-bond donors (Lipinski definition) is 1. The van der Waals surface area contributed by atoms with Crippen LogP contribution < -0.4 is 5.73 Å². The quantitative estimate of drug-likeness (QED) is 0.854. The van der Waals surface area contributed by atoms with Crippen molar-refractivity contribution < 1.29 is 4.39 Å².